The number of aromatic nitrogens is 2. The van der Waals surface area contributed by atoms with Crippen molar-refractivity contribution in [1.82, 2.24) is 9.97 Å². The van der Waals surface area contributed by atoms with E-state index in [-0.39, 0.29) is 0 Å². The van der Waals surface area contributed by atoms with Gasteiger partial charge in [-0.15, -0.1) is 0 Å². The number of nitrogens with two attached hydrogens (primary N) is 1. The SMILES string of the molecule is Nc1c(Nc2ccc(Br)cc2)ncnc1N1CCCCC1. The quantitative estimate of drug-likeness (QED) is 0.888. The summed E-state index contributed by atoms with van der Waals surface area (Å²) < 4.78 is 1.04. The van der Waals surface area contributed by atoms with E-state index in [2.05, 4.69) is 36.1 Å². The Balaban J connectivity index is 1.84. The highest BCUT2D eigenvalue weighted by molar-refractivity contribution is 9.10. The van der Waals surface area contributed by atoms with Crippen LogP contribution in [0.4, 0.5) is 23.0 Å². The summed E-state index contributed by atoms with van der Waals surface area (Å²) in [5.74, 6) is 1.50. The van der Waals surface area contributed by atoms with Crippen LogP contribution in [0.15, 0.2) is 35.1 Å². The first-order valence-corrected chi connectivity index (χ1v) is 7.91. The molecule has 3 N–H and O–H groups in total. The van der Waals surface area contributed by atoms with Crippen LogP contribution in [0.1, 0.15) is 19.3 Å². The van der Waals surface area contributed by atoms with Gasteiger partial charge in [0.25, 0.3) is 0 Å². The third-order valence-electron chi connectivity index (χ3n) is 3.63. The number of piperidine rings is 1. The fraction of sp³-hybridized carbons (Fsp3) is 0.333. The van der Waals surface area contributed by atoms with Crippen LogP contribution in [0.2, 0.25) is 0 Å². The van der Waals surface area contributed by atoms with E-state index in [1.807, 2.05) is 24.3 Å². The topological polar surface area (TPSA) is 67.1 Å². The predicted molar refractivity (Wildman–Crippen MR) is 89.9 cm³/mol. The van der Waals surface area contributed by atoms with Crippen molar-refractivity contribution in [2.45, 2.75) is 19.3 Å². The van der Waals surface area contributed by atoms with E-state index < -0.39 is 0 Å². The second-order valence-electron chi connectivity index (χ2n) is 5.14. The zero-order valence-corrected chi connectivity index (χ0v) is 13.3. The molecule has 0 aliphatic carbocycles. The molecule has 1 aliphatic rings. The lowest BCUT2D eigenvalue weighted by atomic mass is 10.1. The van der Waals surface area contributed by atoms with E-state index in [1.54, 1.807) is 6.33 Å². The van der Waals surface area contributed by atoms with Crippen molar-refractivity contribution in [1.29, 1.82) is 0 Å². The molecule has 1 aromatic carbocycles. The van der Waals surface area contributed by atoms with Gasteiger partial charge in [-0.05, 0) is 43.5 Å². The summed E-state index contributed by atoms with van der Waals surface area (Å²) in [6.07, 6.45) is 5.24. The van der Waals surface area contributed by atoms with Crippen molar-refractivity contribution in [3.63, 3.8) is 0 Å². The lowest BCUT2D eigenvalue weighted by Gasteiger charge is -2.28. The molecule has 1 fully saturated rings. The standard InChI is InChI=1S/C15H18BrN5/c16-11-4-6-12(7-5-11)20-14-13(17)15(19-10-18-14)21-8-2-1-3-9-21/h4-7,10H,1-3,8-9,17H2,(H,18,19,20). The second kappa shape index (κ2) is 6.30. The zero-order chi connectivity index (χ0) is 14.7. The van der Waals surface area contributed by atoms with Crippen molar-refractivity contribution in [2.24, 2.45) is 0 Å². The van der Waals surface area contributed by atoms with Crippen molar-refractivity contribution >= 4 is 38.9 Å². The molecule has 1 aromatic heterocycles. The summed E-state index contributed by atoms with van der Waals surface area (Å²) >= 11 is 3.42. The van der Waals surface area contributed by atoms with Gasteiger partial charge >= 0.3 is 0 Å². The third kappa shape index (κ3) is 3.26. The molecule has 2 aromatic rings. The largest absolute Gasteiger partial charge is 0.393 e. The first kappa shape index (κ1) is 14.1. The van der Waals surface area contributed by atoms with Gasteiger partial charge in [0.15, 0.2) is 11.6 Å². The van der Waals surface area contributed by atoms with E-state index in [9.17, 15) is 0 Å². The highest BCUT2D eigenvalue weighted by atomic mass is 79.9. The molecule has 21 heavy (non-hydrogen) atoms. The molecule has 0 spiro atoms. The lowest BCUT2D eigenvalue weighted by molar-refractivity contribution is 0.574. The minimum absolute atomic E-state index is 0.613. The summed E-state index contributed by atoms with van der Waals surface area (Å²) in [4.78, 5) is 10.9. The normalized spacial score (nSPS) is 15.0. The molecular weight excluding hydrogens is 330 g/mol. The van der Waals surface area contributed by atoms with Crippen molar-refractivity contribution in [3.05, 3.63) is 35.1 Å². The highest BCUT2D eigenvalue weighted by Gasteiger charge is 2.17. The van der Waals surface area contributed by atoms with E-state index in [1.165, 1.54) is 19.3 Å². The van der Waals surface area contributed by atoms with Crippen LogP contribution in [0.5, 0.6) is 0 Å². The highest BCUT2D eigenvalue weighted by Crippen LogP contribution is 2.30. The molecule has 0 amide bonds. The van der Waals surface area contributed by atoms with Crippen LogP contribution < -0.4 is 16.0 Å². The maximum Gasteiger partial charge on any atom is 0.159 e. The lowest BCUT2D eigenvalue weighted by Crippen LogP contribution is -2.31. The van der Waals surface area contributed by atoms with Crippen molar-refractivity contribution < 1.29 is 0 Å². The van der Waals surface area contributed by atoms with Crippen LogP contribution in [-0.4, -0.2) is 23.1 Å². The fourth-order valence-electron chi connectivity index (χ4n) is 2.51. The van der Waals surface area contributed by atoms with Crippen LogP contribution in [0.3, 0.4) is 0 Å². The van der Waals surface area contributed by atoms with Crippen molar-refractivity contribution in [2.75, 3.05) is 29.0 Å². The number of hydrogen-bond donors (Lipinski definition) is 2. The Hall–Kier alpha value is -1.82. The Bertz CT molecular complexity index is 608. The maximum atomic E-state index is 6.25. The maximum absolute atomic E-state index is 6.25. The molecule has 0 atom stereocenters. The van der Waals surface area contributed by atoms with Gasteiger partial charge in [0.1, 0.15) is 12.0 Å². The van der Waals surface area contributed by atoms with Gasteiger partial charge in [-0.2, -0.15) is 0 Å². The van der Waals surface area contributed by atoms with Gasteiger partial charge in [-0.25, -0.2) is 9.97 Å². The molecule has 5 nitrogen and oxygen atoms in total. The Kier molecular flexibility index (Phi) is 4.24. The number of halogens is 1. The fourth-order valence-corrected chi connectivity index (χ4v) is 2.78. The average molecular weight is 348 g/mol. The summed E-state index contributed by atoms with van der Waals surface area (Å²) in [5.41, 5.74) is 7.82. The van der Waals surface area contributed by atoms with Gasteiger partial charge in [-0.3, -0.25) is 0 Å². The third-order valence-corrected chi connectivity index (χ3v) is 4.15. The molecule has 0 radical (unpaired) electrons. The van der Waals surface area contributed by atoms with E-state index in [0.29, 0.717) is 11.5 Å². The van der Waals surface area contributed by atoms with Gasteiger partial charge in [0, 0.05) is 23.2 Å². The number of anilines is 4. The zero-order valence-electron chi connectivity index (χ0n) is 11.7. The minimum Gasteiger partial charge on any atom is -0.393 e. The minimum atomic E-state index is 0.613. The van der Waals surface area contributed by atoms with E-state index >= 15 is 0 Å². The molecule has 0 unspecified atom stereocenters. The average Bonchev–Trinajstić information content (AvgIpc) is 2.52. The Morgan fingerprint density at radius 3 is 2.48 bits per heavy atom. The number of nitrogen functional groups attached to an aromatic ring is 1. The van der Waals surface area contributed by atoms with Gasteiger partial charge < -0.3 is 16.0 Å². The van der Waals surface area contributed by atoms with Crippen LogP contribution in [0, 0.1) is 0 Å². The summed E-state index contributed by atoms with van der Waals surface area (Å²) in [5, 5.41) is 3.26. The number of rotatable bonds is 3. The van der Waals surface area contributed by atoms with Crippen LogP contribution in [-0.2, 0) is 0 Å². The molecule has 3 rings (SSSR count). The summed E-state index contributed by atoms with van der Waals surface area (Å²) in [6, 6.07) is 7.91. The monoisotopic (exact) mass is 347 g/mol. The summed E-state index contributed by atoms with van der Waals surface area (Å²) in [6.45, 7) is 2.03. The van der Waals surface area contributed by atoms with Crippen molar-refractivity contribution in [3.8, 4) is 0 Å². The van der Waals surface area contributed by atoms with E-state index in [0.717, 1.165) is 29.1 Å². The van der Waals surface area contributed by atoms with Gasteiger partial charge in [-0.1, -0.05) is 15.9 Å². The van der Waals surface area contributed by atoms with Gasteiger partial charge in [0.05, 0.1) is 0 Å². The first-order valence-electron chi connectivity index (χ1n) is 7.12. The Morgan fingerprint density at radius 1 is 1.05 bits per heavy atom. The van der Waals surface area contributed by atoms with Crippen LogP contribution in [0.25, 0.3) is 0 Å². The number of nitrogens with one attached hydrogen (secondary N) is 1. The molecule has 1 aliphatic heterocycles. The number of hydrogen-bond acceptors (Lipinski definition) is 5. The number of benzene rings is 1. The Morgan fingerprint density at radius 2 is 1.76 bits per heavy atom. The molecule has 0 saturated carbocycles. The summed E-state index contributed by atoms with van der Waals surface area (Å²) in [7, 11) is 0. The first-order chi connectivity index (χ1) is 10.2. The molecule has 6 heteroatoms. The molecular formula is C15H18BrN5. The molecule has 0 bridgehead atoms. The number of nitrogens with zero attached hydrogens (tertiary/aromatic N) is 3. The predicted octanol–water partition coefficient (Wildman–Crippen LogP) is 3.56. The molecule has 1 saturated heterocycles. The second-order valence-corrected chi connectivity index (χ2v) is 6.05. The smallest absolute Gasteiger partial charge is 0.159 e. The van der Waals surface area contributed by atoms with E-state index in [4.69, 9.17) is 5.73 Å². The van der Waals surface area contributed by atoms with Gasteiger partial charge in [0.2, 0.25) is 0 Å². The Labute approximate surface area is 132 Å². The van der Waals surface area contributed by atoms with Crippen LogP contribution >= 0.6 is 15.9 Å². The molecule has 2 heterocycles. The molecule has 110 valence electrons.